The highest BCUT2D eigenvalue weighted by atomic mass is 16.6. The van der Waals surface area contributed by atoms with Gasteiger partial charge in [-0.2, -0.15) is 4.57 Å². The van der Waals surface area contributed by atoms with Crippen LogP contribution in [0.2, 0.25) is 0 Å². The Morgan fingerprint density at radius 1 is 0.897 bits per heavy atom. The van der Waals surface area contributed by atoms with E-state index in [4.69, 9.17) is 31.1 Å². The van der Waals surface area contributed by atoms with Gasteiger partial charge in [0, 0.05) is 19.1 Å². The number of hydrogen-bond donors (Lipinski definition) is 1. The zero-order valence-corrected chi connectivity index (χ0v) is 21.2. The molecule has 4 rings (SSSR count). The zero-order valence-electron chi connectivity index (χ0n) is 21.2. The number of terminal acetylenes is 1. The van der Waals surface area contributed by atoms with Crippen LogP contribution in [0.5, 0.6) is 0 Å². The standard InChI is InChI=1S/C30H28N2O7/c1-2-3-10-18-36-26-25(39-30(35)22-14-8-5-9-15-22)24(20-37-29(34)21-12-6-4-7-13-21)38-28(26)32-17-11-16-23(19-32)27(31)33/h1,4-9,11-17,19,24-26,28H,3,10,18,20H2,(H-,31,33)/p+1/t24-,25-,26-,28?/m1/s1. The van der Waals surface area contributed by atoms with Crippen molar-refractivity contribution in [1.29, 1.82) is 0 Å². The molecule has 9 heteroatoms. The van der Waals surface area contributed by atoms with Crippen molar-refractivity contribution in [2.75, 3.05) is 13.2 Å². The summed E-state index contributed by atoms with van der Waals surface area (Å²) in [6.45, 7) is 0.0535. The summed E-state index contributed by atoms with van der Waals surface area (Å²) in [5.74, 6) is 0.815. The van der Waals surface area contributed by atoms with Crippen LogP contribution in [-0.2, 0) is 18.9 Å². The lowest BCUT2D eigenvalue weighted by Gasteiger charge is -2.23. The van der Waals surface area contributed by atoms with E-state index in [1.165, 1.54) is 6.20 Å². The Kier molecular flexibility index (Phi) is 9.40. The molecule has 9 nitrogen and oxygen atoms in total. The average molecular weight is 530 g/mol. The van der Waals surface area contributed by atoms with Crippen LogP contribution in [0.3, 0.4) is 0 Å². The van der Waals surface area contributed by atoms with Gasteiger partial charge in [0.15, 0.2) is 24.6 Å². The molecule has 1 fully saturated rings. The van der Waals surface area contributed by atoms with Gasteiger partial charge >= 0.3 is 11.9 Å². The molecule has 1 aliphatic heterocycles. The third kappa shape index (κ3) is 7.08. The molecule has 1 aliphatic rings. The molecule has 0 radical (unpaired) electrons. The summed E-state index contributed by atoms with van der Waals surface area (Å²) in [4.78, 5) is 37.6. The van der Waals surface area contributed by atoms with Crippen LogP contribution in [0.25, 0.3) is 0 Å². The first-order valence-electron chi connectivity index (χ1n) is 12.5. The number of amides is 1. The second-order valence-corrected chi connectivity index (χ2v) is 8.81. The maximum Gasteiger partial charge on any atom is 0.338 e. The molecule has 0 aliphatic carbocycles. The second kappa shape index (κ2) is 13.3. The number of rotatable bonds is 11. The number of nitrogens with zero attached hydrogens (tertiary/aromatic N) is 1. The molecule has 200 valence electrons. The largest absolute Gasteiger partial charge is 0.459 e. The quantitative estimate of drug-likeness (QED) is 0.176. The third-order valence-corrected chi connectivity index (χ3v) is 6.10. The van der Waals surface area contributed by atoms with Gasteiger partial charge in [-0.15, -0.1) is 12.3 Å². The van der Waals surface area contributed by atoms with E-state index in [9.17, 15) is 14.4 Å². The molecule has 1 saturated heterocycles. The van der Waals surface area contributed by atoms with E-state index in [2.05, 4.69) is 5.92 Å². The number of ether oxygens (including phenoxy) is 4. The minimum Gasteiger partial charge on any atom is -0.459 e. The summed E-state index contributed by atoms with van der Waals surface area (Å²) in [6, 6.07) is 20.2. The fraction of sp³-hybridized carbons (Fsp3) is 0.267. The molecule has 3 aromatic rings. The van der Waals surface area contributed by atoms with Crippen molar-refractivity contribution in [3.05, 3.63) is 102 Å². The number of esters is 2. The Morgan fingerprint density at radius 3 is 2.18 bits per heavy atom. The summed E-state index contributed by atoms with van der Waals surface area (Å²) in [7, 11) is 0. The van der Waals surface area contributed by atoms with Crippen LogP contribution in [0.4, 0.5) is 0 Å². The first kappa shape index (κ1) is 27.5. The lowest BCUT2D eigenvalue weighted by atomic mass is 10.1. The Balaban J connectivity index is 1.63. The number of aromatic nitrogens is 1. The molecule has 2 aromatic carbocycles. The van der Waals surface area contributed by atoms with E-state index in [0.717, 1.165) is 0 Å². The summed E-state index contributed by atoms with van der Waals surface area (Å²) in [6.07, 6.45) is 6.18. The predicted octanol–water partition coefficient (Wildman–Crippen LogP) is 2.85. The van der Waals surface area contributed by atoms with Gasteiger partial charge in [0.2, 0.25) is 0 Å². The molecule has 2 N–H and O–H groups in total. The van der Waals surface area contributed by atoms with Crippen molar-refractivity contribution in [3.8, 4) is 12.3 Å². The Bertz CT molecular complexity index is 1320. The zero-order chi connectivity index (χ0) is 27.6. The monoisotopic (exact) mass is 529 g/mol. The minimum atomic E-state index is -0.957. The van der Waals surface area contributed by atoms with Gasteiger partial charge < -0.3 is 24.7 Å². The summed E-state index contributed by atoms with van der Waals surface area (Å²) in [5.41, 5.74) is 6.45. The molecule has 39 heavy (non-hydrogen) atoms. The van der Waals surface area contributed by atoms with Crippen molar-refractivity contribution >= 4 is 17.8 Å². The summed E-state index contributed by atoms with van der Waals surface area (Å²) in [5, 5.41) is 0. The van der Waals surface area contributed by atoms with Crippen molar-refractivity contribution in [2.45, 2.75) is 37.4 Å². The van der Waals surface area contributed by atoms with Crippen molar-refractivity contribution in [1.82, 2.24) is 0 Å². The van der Waals surface area contributed by atoms with Gasteiger partial charge in [-0.3, -0.25) is 4.79 Å². The van der Waals surface area contributed by atoms with Gasteiger partial charge in [0.1, 0.15) is 18.3 Å². The van der Waals surface area contributed by atoms with E-state index in [0.29, 0.717) is 24.0 Å². The summed E-state index contributed by atoms with van der Waals surface area (Å²) >= 11 is 0. The van der Waals surface area contributed by atoms with Gasteiger partial charge in [-0.25, -0.2) is 9.59 Å². The van der Waals surface area contributed by atoms with Gasteiger partial charge in [0.25, 0.3) is 12.1 Å². The van der Waals surface area contributed by atoms with Crippen molar-refractivity contribution < 1.29 is 37.9 Å². The predicted molar refractivity (Wildman–Crippen MR) is 139 cm³/mol. The summed E-state index contributed by atoms with van der Waals surface area (Å²) < 4.78 is 25.5. The highest BCUT2D eigenvalue weighted by Crippen LogP contribution is 2.32. The first-order valence-corrected chi connectivity index (χ1v) is 12.5. The topological polar surface area (TPSA) is 118 Å². The molecular formula is C30H29N2O7+. The lowest BCUT2D eigenvalue weighted by molar-refractivity contribution is -0.766. The van der Waals surface area contributed by atoms with Crippen LogP contribution in [0.1, 0.15) is 50.1 Å². The normalized spacial score (nSPS) is 20.1. The lowest BCUT2D eigenvalue weighted by Crippen LogP contribution is -2.48. The maximum absolute atomic E-state index is 13.1. The van der Waals surface area contributed by atoms with Crippen LogP contribution in [0.15, 0.2) is 85.2 Å². The van der Waals surface area contributed by atoms with Crippen LogP contribution < -0.4 is 10.3 Å². The first-order chi connectivity index (χ1) is 19.0. The number of hydrogen-bond acceptors (Lipinski definition) is 7. The molecular weight excluding hydrogens is 500 g/mol. The smallest absolute Gasteiger partial charge is 0.338 e. The van der Waals surface area contributed by atoms with Crippen LogP contribution in [0, 0.1) is 12.3 Å². The Hall–Kier alpha value is -4.52. The highest BCUT2D eigenvalue weighted by molar-refractivity contribution is 5.92. The number of primary amides is 1. The minimum absolute atomic E-state index is 0.211. The highest BCUT2D eigenvalue weighted by Gasteiger charge is 2.53. The number of unbranched alkanes of at least 4 members (excludes halogenated alkanes) is 1. The van der Waals surface area contributed by atoms with Gasteiger partial charge in [0.05, 0.1) is 11.1 Å². The van der Waals surface area contributed by atoms with Crippen molar-refractivity contribution in [2.24, 2.45) is 5.73 Å². The second-order valence-electron chi connectivity index (χ2n) is 8.81. The maximum atomic E-state index is 13.1. The SMILES string of the molecule is C#CCCCO[C@H]1C([n+]2cccc(C(N)=O)c2)O[C@H](COC(=O)c2ccccc2)[C@H]1OC(=O)c1ccccc1. The average Bonchev–Trinajstić information content (AvgIpc) is 3.31. The fourth-order valence-corrected chi connectivity index (χ4v) is 4.17. The van der Waals surface area contributed by atoms with Crippen molar-refractivity contribution in [3.63, 3.8) is 0 Å². The van der Waals surface area contributed by atoms with Crippen LogP contribution in [-0.4, -0.2) is 49.4 Å². The number of nitrogens with two attached hydrogens (primary N) is 1. The third-order valence-electron chi connectivity index (χ3n) is 6.10. The molecule has 0 spiro atoms. The number of benzene rings is 2. The Labute approximate surface area is 226 Å². The number of pyridine rings is 1. The molecule has 0 bridgehead atoms. The number of carbonyl (C=O) groups is 3. The van der Waals surface area contributed by atoms with E-state index >= 15 is 0 Å². The molecule has 1 unspecified atom stereocenters. The van der Waals surface area contributed by atoms with E-state index in [1.54, 1.807) is 83.6 Å². The van der Waals surface area contributed by atoms with Gasteiger partial charge in [-0.1, -0.05) is 36.4 Å². The fourth-order valence-electron chi connectivity index (χ4n) is 4.17. The van der Waals surface area contributed by atoms with Crippen LogP contribution >= 0.6 is 0 Å². The van der Waals surface area contributed by atoms with E-state index in [-0.39, 0.29) is 18.8 Å². The Morgan fingerprint density at radius 2 is 1.54 bits per heavy atom. The molecule has 2 heterocycles. The van der Waals surface area contributed by atoms with E-state index in [1.807, 2.05) is 0 Å². The molecule has 1 aromatic heterocycles. The van der Waals surface area contributed by atoms with Gasteiger partial charge in [-0.05, 0) is 36.8 Å². The molecule has 4 atom stereocenters. The molecule has 0 saturated carbocycles. The number of carbonyl (C=O) groups excluding carboxylic acids is 3. The molecule has 1 amide bonds. The van der Waals surface area contributed by atoms with E-state index < -0.39 is 42.4 Å².